The highest BCUT2D eigenvalue weighted by molar-refractivity contribution is 7.89. The van der Waals surface area contributed by atoms with Gasteiger partial charge in [0.2, 0.25) is 0 Å². The van der Waals surface area contributed by atoms with E-state index in [2.05, 4.69) is 5.32 Å². The van der Waals surface area contributed by atoms with Crippen molar-refractivity contribution in [3.05, 3.63) is 59.4 Å². The number of fused-ring (bicyclic) bond motifs is 2. The Bertz CT molecular complexity index is 1260. The van der Waals surface area contributed by atoms with Crippen LogP contribution in [0, 0.1) is 5.92 Å². The lowest BCUT2D eigenvalue weighted by Crippen LogP contribution is -2.30. The zero-order valence-corrected chi connectivity index (χ0v) is 17.9. The first kappa shape index (κ1) is 19.9. The third-order valence-electron chi connectivity index (χ3n) is 5.62. The van der Waals surface area contributed by atoms with Gasteiger partial charge in [0.1, 0.15) is 18.8 Å². The molecule has 1 aliphatic carbocycles. The van der Waals surface area contributed by atoms with Crippen LogP contribution in [0.4, 0.5) is 0 Å². The van der Waals surface area contributed by atoms with E-state index in [0.717, 1.165) is 24.7 Å². The molecule has 1 fully saturated rings. The molecule has 1 atom stereocenters. The van der Waals surface area contributed by atoms with Crippen LogP contribution in [0.1, 0.15) is 40.6 Å². The predicted octanol–water partition coefficient (Wildman–Crippen LogP) is 3.63. The van der Waals surface area contributed by atoms with E-state index in [1.54, 1.807) is 24.3 Å². The van der Waals surface area contributed by atoms with Crippen LogP contribution in [0.3, 0.4) is 0 Å². The van der Waals surface area contributed by atoms with Crippen molar-refractivity contribution in [2.45, 2.75) is 24.6 Å². The first-order chi connectivity index (χ1) is 14.9. The van der Waals surface area contributed by atoms with Gasteiger partial charge in [-0.3, -0.25) is 4.79 Å². The maximum atomic E-state index is 13.3. The van der Waals surface area contributed by atoms with E-state index in [1.807, 2.05) is 18.2 Å². The molecular weight excluding hydrogens is 418 g/mol. The number of furan rings is 1. The molecule has 0 spiro atoms. The average Bonchev–Trinajstić information content (AvgIpc) is 3.53. The molecule has 7 nitrogen and oxygen atoms in total. The number of sulfone groups is 1. The fourth-order valence-electron chi connectivity index (χ4n) is 4.05. The van der Waals surface area contributed by atoms with Gasteiger partial charge in [-0.05, 0) is 42.5 Å². The van der Waals surface area contributed by atoms with Crippen molar-refractivity contribution in [3.8, 4) is 11.5 Å². The lowest BCUT2D eigenvalue weighted by atomic mass is 10.0. The summed E-state index contributed by atoms with van der Waals surface area (Å²) in [6.45, 7) is 1.01. The van der Waals surface area contributed by atoms with E-state index in [1.165, 1.54) is 0 Å². The highest BCUT2D eigenvalue weighted by Gasteiger charge is 2.35. The molecule has 5 rings (SSSR count). The van der Waals surface area contributed by atoms with E-state index in [4.69, 9.17) is 13.9 Å². The van der Waals surface area contributed by atoms with Gasteiger partial charge >= 0.3 is 0 Å². The van der Waals surface area contributed by atoms with Crippen molar-refractivity contribution in [2.75, 3.05) is 19.5 Å². The van der Waals surface area contributed by atoms with Crippen LogP contribution >= 0.6 is 0 Å². The van der Waals surface area contributed by atoms with E-state index in [9.17, 15) is 13.2 Å². The lowest BCUT2D eigenvalue weighted by molar-refractivity contribution is 0.0904. The number of nitrogens with one attached hydrogen (secondary N) is 1. The molecule has 8 heteroatoms. The van der Waals surface area contributed by atoms with E-state index < -0.39 is 15.7 Å². The van der Waals surface area contributed by atoms with Gasteiger partial charge in [-0.25, -0.2) is 8.42 Å². The summed E-state index contributed by atoms with van der Waals surface area (Å²) in [6.07, 6.45) is 3.17. The first-order valence-corrected chi connectivity index (χ1v) is 12.3. The number of ether oxygens (including phenoxy) is 2. The van der Waals surface area contributed by atoms with E-state index in [0.29, 0.717) is 47.2 Å². The molecule has 31 heavy (non-hydrogen) atoms. The fourth-order valence-corrected chi connectivity index (χ4v) is 4.86. The molecule has 0 radical (unpaired) electrons. The van der Waals surface area contributed by atoms with Crippen molar-refractivity contribution in [3.63, 3.8) is 0 Å². The van der Waals surface area contributed by atoms with Gasteiger partial charge < -0.3 is 19.2 Å². The van der Waals surface area contributed by atoms with Gasteiger partial charge in [0.15, 0.2) is 27.1 Å². The number of benzene rings is 2. The molecule has 1 aromatic heterocycles. The minimum atomic E-state index is -3.36. The second kappa shape index (κ2) is 7.60. The Morgan fingerprint density at radius 1 is 1.10 bits per heavy atom. The predicted molar refractivity (Wildman–Crippen MR) is 115 cm³/mol. The summed E-state index contributed by atoms with van der Waals surface area (Å²) in [5, 5.41) is 3.72. The second-order valence-corrected chi connectivity index (χ2v) is 10.3. The molecule has 2 aromatic carbocycles. The standard InChI is InChI=1S/C23H23NO6S/c1-31(26,27)13-17-16-4-2-3-5-18(16)30-22(17)23(25)24-21(14-6-7-14)15-8-9-19-20(12-15)29-11-10-28-19/h2-5,8-9,12,14,21H,6-7,10-11,13H2,1H3,(H,24,25). The largest absolute Gasteiger partial charge is 0.486 e. The molecule has 1 amide bonds. The van der Waals surface area contributed by atoms with Gasteiger partial charge in [0.05, 0.1) is 11.8 Å². The second-order valence-electron chi connectivity index (χ2n) is 8.17. The van der Waals surface area contributed by atoms with Crippen LogP contribution in [0.15, 0.2) is 46.9 Å². The number of rotatable bonds is 6. The SMILES string of the molecule is CS(=O)(=O)Cc1c(C(=O)NC(c2ccc3c(c2)OCCO3)C2CC2)oc2ccccc12. The van der Waals surface area contributed by atoms with Gasteiger partial charge in [-0.1, -0.05) is 24.3 Å². The van der Waals surface area contributed by atoms with Crippen molar-refractivity contribution in [2.24, 2.45) is 5.92 Å². The van der Waals surface area contributed by atoms with Crippen molar-refractivity contribution in [1.29, 1.82) is 0 Å². The molecule has 2 heterocycles. The fraction of sp³-hybridized carbons (Fsp3) is 0.348. The molecule has 1 aliphatic heterocycles. The normalized spacial score (nSPS) is 16.8. The van der Waals surface area contributed by atoms with Crippen molar-refractivity contribution < 1.29 is 27.1 Å². The first-order valence-electron chi connectivity index (χ1n) is 10.3. The molecule has 1 unspecified atom stereocenters. The van der Waals surface area contributed by atoms with E-state index in [-0.39, 0.29) is 17.6 Å². The summed E-state index contributed by atoms with van der Waals surface area (Å²) in [6, 6.07) is 12.6. The Labute approximate surface area is 180 Å². The van der Waals surface area contributed by atoms with Crippen LogP contribution in [-0.2, 0) is 15.6 Å². The summed E-state index contributed by atoms with van der Waals surface area (Å²) >= 11 is 0. The molecular formula is C23H23NO6S. The lowest BCUT2D eigenvalue weighted by Gasteiger charge is -2.23. The number of carbonyl (C=O) groups is 1. The van der Waals surface area contributed by atoms with Crippen LogP contribution < -0.4 is 14.8 Å². The van der Waals surface area contributed by atoms with Crippen LogP contribution in [-0.4, -0.2) is 33.8 Å². The molecule has 0 bridgehead atoms. The number of carbonyl (C=O) groups excluding carboxylic acids is 1. The Morgan fingerprint density at radius 2 is 1.84 bits per heavy atom. The van der Waals surface area contributed by atoms with Gasteiger partial charge in [-0.2, -0.15) is 0 Å². The Balaban J connectivity index is 1.48. The molecule has 162 valence electrons. The zero-order valence-electron chi connectivity index (χ0n) is 17.1. The molecule has 3 aromatic rings. The minimum Gasteiger partial charge on any atom is -0.486 e. The number of amides is 1. The van der Waals surface area contributed by atoms with Crippen LogP contribution in [0.2, 0.25) is 0 Å². The number of para-hydroxylation sites is 1. The summed E-state index contributed by atoms with van der Waals surface area (Å²) in [5.41, 5.74) is 1.82. The third-order valence-corrected chi connectivity index (χ3v) is 6.43. The summed E-state index contributed by atoms with van der Waals surface area (Å²) in [7, 11) is -3.36. The smallest absolute Gasteiger partial charge is 0.287 e. The van der Waals surface area contributed by atoms with Gasteiger partial charge in [-0.15, -0.1) is 0 Å². The molecule has 1 saturated carbocycles. The minimum absolute atomic E-state index is 0.0508. The highest BCUT2D eigenvalue weighted by atomic mass is 32.2. The molecule has 0 saturated heterocycles. The summed E-state index contributed by atoms with van der Waals surface area (Å²) in [5.74, 6) is 1.06. The summed E-state index contributed by atoms with van der Waals surface area (Å²) < 4.78 is 41.1. The average molecular weight is 442 g/mol. The number of hydrogen-bond donors (Lipinski definition) is 1. The van der Waals surface area contributed by atoms with Crippen molar-refractivity contribution >= 4 is 26.7 Å². The maximum absolute atomic E-state index is 13.3. The van der Waals surface area contributed by atoms with Crippen LogP contribution in [0.5, 0.6) is 11.5 Å². The molecule has 2 aliphatic rings. The van der Waals surface area contributed by atoms with Gasteiger partial charge in [0.25, 0.3) is 5.91 Å². The number of hydrogen-bond acceptors (Lipinski definition) is 6. The zero-order chi connectivity index (χ0) is 21.6. The Morgan fingerprint density at radius 3 is 2.58 bits per heavy atom. The topological polar surface area (TPSA) is 94.8 Å². The maximum Gasteiger partial charge on any atom is 0.287 e. The quantitative estimate of drug-likeness (QED) is 0.628. The third kappa shape index (κ3) is 4.12. The molecule has 1 N–H and O–H groups in total. The van der Waals surface area contributed by atoms with Crippen molar-refractivity contribution in [1.82, 2.24) is 5.32 Å². The van der Waals surface area contributed by atoms with Gasteiger partial charge in [0, 0.05) is 17.2 Å². The van der Waals surface area contributed by atoms with E-state index >= 15 is 0 Å². The highest BCUT2D eigenvalue weighted by Crippen LogP contribution is 2.43. The van der Waals surface area contributed by atoms with Crippen LogP contribution in [0.25, 0.3) is 11.0 Å². The Hall–Kier alpha value is -3.00. The Kier molecular flexibility index (Phi) is 4.89. The monoisotopic (exact) mass is 441 g/mol. The summed E-state index contributed by atoms with van der Waals surface area (Å²) in [4.78, 5) is 13.3.